The molecular formula is C21H24ClNO2. The van der Waals surface area contributed by atoms with E-state index in [1.54, 1.807) is 6.07 Å². The Kier molecular flexibility index (Phi) is 5.64. The molecule has 0 unspecified atom stereocenters. The van der Waals surface area contributed by atoms with Crippen molar-refractivity contribution in [2.45, 2.75) is 52.1 Å². The average molecular weight is 358 g/mol. The highest BCUT2D eigenvalue weighted by atomic mass is 35.5. The lowest BCUT2D eigenvalue weighted by atomic mass is 9.92. The molecule has 0 saturated carbocycles. The first-order valence-electron chi connectivity index (χ1n) is 8.92. The van der Waals surface area contributed by atoms with Crippen LogP contribution in [0.3, 0.4) is 0 Å². The number of aryl methyl sites for hydroxylation is 3. The maximum Gasteiger partial charge on any atom is 0.265 e. The lowest BCUT2D eigenvalue weighted by Gasteiger charge is -2.21. The summed E-state index contributed by atoms with van der Waals surface area (Å²) in [5.41, 5.74) is 4.46. The zero-order valence-corrected chi connectivity index (χ0v) is 15.5. The minimum Gasteiger partial charge on any atom is -0.481 e. The van der Waals surface area contributed by atoms with Crippen molar-refractivity contribution in [3.63, 3.8) is 0 Å². The Balaban J connectivity index is 1.71. The van der Waals surface area contributed by atoms with Crippen LogP contribution in [0.25, 0.3) is 0 Å². The highest BCUT2D eigenvalue weighted by Crippen LogP contribution is 2.26. The van der Waals surface area contributed by atoms with Gasteiger partial charge < -0.3 is 10.1 Å². The quantitative estimate of drug-likeness (QED) is 0.786. The average Bonchev–Trinajstić information content (AvgIpc) is 2.62. The smallest absolute Gasteiger partial charge is 0.265 e. The second-order valence-corrected chi connectivity index (χ2v) is 7.04. The minimum absolute atomic E-state index is 0.148. The molecule has 1 N–H and O–H groups in total. The summed E-state index contributed by atoms with van der Waals surface area (Å²) in [6.07, 6.45) is 4.79. The van der Waals surface area contributed by atoms with Crippen LogP contribution in [0.2, 0.25) is 5.02 Å². The number of hydrogen-bond acceptors (Lipinski definition) is 2. The summed E-state index contributed by atoms with van der Waals surface area (Å²) in [4.78, 5) is 12.6. The number of fused-ring (bicyclic) bond motifs is 1. The summed E-state index contributed by atoms with van der Waals surface area (Å²) in [5.74, 6) is 0.621. The number of carbonyl (C=O) groups excluding carboxylic acids is 1. The van der Waals surface area contributed by atoms with Gasteiger partial charge in [-0.1, -0.05) is 30.7 Å². The lowest BCUT2D eigenvalue weighted by Crippen LogP contribution is -2.32. The fourth-order valence-corrected chi connectivity index (χ4v) is 3.38. The molecule has 0 radical (unpaired) electrons. The number of anilines is 1. The van der Waals surface area contributed by atoms with Gasteiger partial charge in [0.1, 0.15) is 5.75 Å². The Morgan fingerprint density at radius 2 is 1.92 bits per heavy atom. The van der Waals surface area contributed by atoms with Crippen LogP contribution >= 0.6 is 11.6 Å². The van der Waals surface area contributed by atoms with Gasteiger partial charge in [-0.05, 0) is 80.0 Å². The van der Waals surface area contributed by atoms with Crippen LogP contribution in [0.4, 0.5) is 5.69 Å². The number of amides is 1. The summed E-state index contributed by atoms with van der Waals surface area (Å²) in [6, 6.07) is 11.7. The van der Waals surface area contributed by atoms with Crippen molar-refractivity contribution in [2.24, 2.45) is 0 Å². The molecule has 2 aromatic carbocycles. The van der Waals surface area contributed by atoms with E-state index < -0.39 is 6.10 Å². The number of rotatable bonds is 5. The van der Waals surface area contributed by atoms with E-state index in [0.717, 1.165) is 29.8 Å². The standard InChI is InChI=1S/C21H24ClNO2/c1-3-20(21(24)23-19-13-17(22)10-8-14(19)2)25-18-11-9-15-6-4-5-7-16(15)12-18/h8-13,20H,3-7H2,1-2H3,(H,23,24)/t20-/m1/s1. The van der Waals surface area contributed by atoms with Crippen LogP contribution < -0.4 is 10.1 Å². The van der Waals surface area contributed by atoms with Crippen LogP contribution in [0, 0.1) is 6.92 Å². The Morgan fingerprint density at radius 1 is 1.16 bits per heavy atom. The first-order valence-corrected chi connectivity index (χ1v) is 9.30. The van der Waals surface area contributed by atoms with Gasteiger partial charge in [0.25, 0.3) is 5.91 Å². The van der Waals surface area contributed by atoms with Crippen molar-refractivity contribution in [2.75, 3.05) is 5.32 Å². The third kappa shape index (κ3) is 4.35. The number of carbonyl (C=O) groups is 1. The van der Waals surface area contributed by atoms with Crippen molar-refractivity contribution in [3.05, 3.63) is 58.1 Å². The zero-order chi connectivity index (χ0) is 17.8. The Bertz CT molecular complexity index is 772. The molecule has 3 nitrogen and oxygen atoms in total. The third-order valence-corrected chi connectivity index (χ3v) is 4.95. The van der Waals surface area contributed by atoms with Gasteiger partial charge >= 0.3 is 0 Å². The molecule has 0 fully saturated rings. The van der Waals surface area contributed by atoms with Gasteiger partial charge in [-0.3, -0.25) is 4.79 Å². The monoisotopic (exact) mass is 357 g/mol. The molecule has 3 rings (SSSR count). The summed E-state index contributed by atoms with van der Waals surface area (Å²) in [7, 11) is 0. The van der Waals surface area contributed by atoms with Crippen LogP contribution in [0.15, 0.2) is 36.4 Å². The van der Waals surface area contributed by atoms with Gasteiger partial charge in [0.15, 0.2) is 6.10 Å². The first-order chi connectivity index (χ1) is 12.1. The Labute approximate surface area is 154 Å². The Hall–Kier alpha value is -2.00. The normalized spacial score (nSPS) is 14.5. The molecule has 2 aromatic rings. The topological polar surface area (TPSA) is 38.3 Å². The molecule has 0 bridgehead atoms. The summed E-state index contributed by atoms with van der Waals surface area (Å²) < 4.78 is 5.99. The fraction of sp³-hybridized carbons (Fsp3) is 0.381. The van der Waals surface area contributed by atoms with Gasteiger partial charge in [-0.15, -0.1) is 0 Å². The maximum absolute atomic E-state index is 12.6. The van der Waals surface area contributed by atoms with E-state index >= 15 is 0 Å². The predicted octanol–water partition coefficient (Wildman–Crippen LogP) is 5.32. The number of halogens is 1. The molecule has 0 aliphatic heterocycles. The molecule has 0 heterocycles. The molecule has 0 spiro atoms. The van der Waals surface area contributed by atoms with Crippen LogP contribution in [0.5, 0.6) is 5.75 Å². The lowest BCUT2D eigenvalue weighted by molar-refractivity contribution is -0.122. The van der Waals surface area contributed by atoms with Crippen molar-refractivity contribution in [1.82, 2.24) is 0 Å². The zero-order valence-electron chi connectivity index (χ0n) is 14.8. The summed E-state index contributed by atoms with van der Waals surface area (Å²) in [5, 5.41) is 3.54. The number of nitrogens with one attached hydrogen (secondary N) is 1. The van der Waals surface area contributed by atoms with Crippen LogP contribution in [-0.4, -0.2) is 12.0 Å². The molecule has 1 aliphatic carbocycles. The molecule has 4 heteroatoms. The highest BCUT2D eigenvalue weighted by Gasteiger charge is 2.20. The predicted molar refractivity (Wildman–Crippen MR) is 103 cm³/mol. The van der Waals surface area contributed by atoms with Gasteiger partial charge in [0.2, 0.25) is 0 Å². The minimum atomic E-state index is -0.528. The van der Waals surface area contributed by atoms with Crippen LogP contribution in [-0.2, 0) is 17.6 Å². The largest absolute Gasteiger partial charge is 0.481 e. The second kappa shape index (κ2) is 7.92. The maximum atomic E-state index is 12.6. The molecule has 0 saturated heterocycles. The van der Waals surface area contributed by atoms with Crippen molar-refractivity contribution >= 4 is 23.2 Å². The summed E-state index contributed by atoms with van der Waals surface area (Å²) in [6.45, 7) is 3.89. The Morgan fingerprint density at radius 3 is 2.68 bits per heavy atom. The summed E-state index contributed by atoms with van der Waals surface area (Å²) >= 11 is 6.03. The van der Waals surface area contributed by atoms with E-state index in [1.165, 1.54) is 24.0 Å². The molecule has 132 valence electrons. The van der Waals surface area contributed by atoms with E-state index in [0.29, 0.717) is 11.4 Å². The fourth-order valence-electron chi connectivity index (χ4n) is 3.21. The number of benzene rings is 2. The molecular weight excluding hydrogens is 334 g/mol. The molecule has 25 heavy (non-hydrogen) atoms. The van der Waals surface area contributed by atoms with E-state index in [-0.39, 0.29) is 5.91 Å². The van der Waals surface area contributed by atoms with Crippen molar-refractivity contribution in [3.8, 4) is 5.75 Å². The van der Waals surface area contributed by atoms with Crippen molar-refractivity contribution in [1.29, 1.82) is 0 Å². The number of ether oxygens (including phenoxy) is 1. The molecule has 1 atom stereocenters. The molecule has 1 aliphatic rings. The third-order valence-electron chi connectivity index (χ3n) is 4.72. The van der Waals surface area contributed by atoms with Crippen LogP contribution in [0.1, 0.15) is 42.9 Å². The SMILES string of the molecule is CC[C@@H](Oc1ccc2c(c1)CCCC2)C(=O)Nc1cc(Cl)ccc1C. The van der Waals surface area contributed by atoms with E-state index in [1.807, 2.05) is 32.0 Å². The van der Waals surface area contributed by atoms with Gasteiger partial charge in [0, 0.05) is 10.7 Å². The van der Waals surface area contributed by atoms with E-state index in [2.05, 4.69) is 17.4 Å². The second-order valence-electron chi connectivity index (χ2n) is 6.60. The van der Waals surface area contributed by atoms with Gasteiger partial charge in [0.05, 0.1) is 0 Å². The molecule has 1 amide bonds. The molecule has 0 aromatic heterocycles. The van der Waals surface area contributed by atoms with Gasteiger partial charge in [-0.25, -0.2) is 0 Å². The first kappa shape index (κ1) is 17.8. The highest BCUT2D eigenvalue weighted by molar-refractivity contribution is 6.31. The van der Waals surface area contributed by atoms with Gasteiger partial charge in [-0.2, -0.15) is 0 Å². The number of hydrogen-bond donors (Lipinski definition) is 1. The van der Waals surface area contributed by atoms with E-state index in [9.17, 15) is 4.79 Å². The van der Waals surface area contributed by atoms with Crippen molar-refractivity contribution < 1.29 is 9.53 Å². The van der Waals surface area contributed by atoms with E-state index in [4.69, 9.17) is 16.3 Å².